The lowest BCUT2D eigenvalue weighted by atomic mass is 9.83. The molecule has 20 heavy (non-hydrogen) atoms. The van der Waals surface area contributed by atoms with Crippen molar-refractivity contribution in [1.82, 2.24) is 0 Å². The van der Waals surface area contributed by atoms with Crippen molar-refractivity contribution in [2.75, 3.05) is 38.8 Å². The van der Waals surface area contributed by atoms with Crippen LogP contribution in [0, 0.1) is 11.8 Å². The van der Waals surface area contributed by atoms with Gasteiger partial charge in [-0.2, -0.15) is 11.8 Å². The molecule has 0 amide bonds. The van der Waals surface area contributed by atoms with E-state index in [9.17, 15) is 0 Å². The van der Waals surface area contributed by atoms with Gasteiger partial charge in [-0.3, -0.25) is 0 Å². The van der Waals surface area contributed by atoms with E-state index in [1.165, 1.54) is 5.56 Å². The average Bonchev–Trinajstić information content (AvgIpc) is 2.47. The topological polar surface area (TPSA) is 22.9 Å². The molecule has 2 aliphatic heterocycles. The smallest absolute Gasteiger partial charge is 0.185 e. The molecule has 1 N–H and O–H groups in total. The van der Waals surface area contributed by atoms with Crippen molar-refractivity contribution in [3.8, 4) is 0 Å². The molecule has 1 aromatic carbocycles. The second kappa shape index (κ2) is 6.06. The summed E-state index contributed by atoms with van der Waals surface area (Å²) in [6, 6.07) is 10.8. The number of likely N-dealkylation sites (tertiary alicyclic amines) is 1. The van der Waals surface area contributed by atoms with E-state index < -0.39 is 0 Å². The number of methoxy groups -OCH3 is 2. The summed E-state index contributed by atoms with van der Waals surface area (Å²) in [5.74, 6) is 2.95. The molecule has 110 valence electrons. The van der Waals surface area contributed by atoms with Crippen molar-refractivity contribution < 1.29 is 14.4 Å². The van der Waals surface area contributed by atoms with E-state index in [1.807, 2.05) is 14.2 Å². The molecule has 2 heterocycles. The predicted molar refractivity (Wildman–Crippen MR) is 81.9 cm³/mol. The highest BCUT2D eigenvalue weighted by Crippen LogP contribution is 2.40. The summed E-state index contributed by atoms with van der Waals surface area (Å²) in [5, 5.41) is 0. The standard InChI is InChI=1S/C16H23NO2S/c1-18-16(19-2)14-9-17(10-15(16)12-20-11-14)8-13-6-4-3-5-7-13/h3-7,14-15H,8-12H2,1-2H3/p+1. The van der Waals surface area contributed by atoms with E-state index in [4.69, 9.17) is 9.47 Å². The molecular formula is C16H24NO2S+. The minimum atomic E-state index is -0.342. The Bertz CT molecular complexity index is 419. The molecule has 3 nitrogen and oxygen atoms in total. The fraction of sp³-hybridized carbons (Fsp3) is 0.625. The Labute approximate surface area is 125 Å². The summed E-state index contributed by atoms with van der Waals surface area (Å²) in [5.41, 5.74) is 1.43. The first-order valence-corrected chi connectivity index (χ1v) is 8.49. The lowest BCUT2D eigenvalue weighted by Gasteiger charge is -2.51. The number of thioether (sulfide) groups is 1. The normalized spacial score (nSPS) is 32.0. The maximum atomic E-state index is 5.84. The molecular weight excluding hydrogens is 270 g/mol. The molecule has 0 saturated carbocycles. The Morgan fingerprint density at radius 1 is 1.10 bits per heavy atom. The first-order chi connectivity index (χ1) is 9.78. The zero-order chi connectivity index (χ0) is 14.0. The number of rotatable bonds is 4. The van der Waals surface area contributed by atoms with Gasteiger partial charge in [0.2, 0.25) is 0 Å². The molecule has 2 aliphatic rings. The number of fused-ring (bicyclic) bond motifs is 2. The van der Waals surface area contributed by atoms with E-state index in [-0.39, 0.29) is 5.79 Å². The van der Waals surface area contributed by atoms with E-state index in [0.29, 0.717) is 11.8 Å². The van der Waals surface area contributed by atoms with Gasteiger partial charge in [-0.25, -0.2) is 0 Å². The quantitative estimate of drug-likeness (QED) is 0.840. The van der Waals surface area contributed by atoms with Gasteiger partial charge < -0.3 is 14.4 Å². The van der Waals surface area contributed by atoms with Crippen molar-refractivity contribution in [2.45, 2.75) is 12.3 Å². The number of benzene rings is 1. The number of piperidine rings is 1. The fourth-order valence-electron chi connectivity index (χ4n) is 3.88. The lowest BCUT2D eigenvalue weighted by Crippen LogP contribution is -3.15. The SMILES string of the molecule is COC1(OC)C2CSCC1C[NH+](Cc1ccccc1)C2. The fourth-order valence-corrected chi connectivity index (χ4v) is 5.29. The van der Waals surface area contributed by atoms with Crippen LogP contribution in [0.25, 0.3) is 0 Å². The minimum Gasteiger partial charge on any atom is -0.352 e. The van der Waals surface area contributed by atoms with E-state index >= 15 is 0 Å². The molecule has 0 spiro atoms. The third-order valence-electron chi connectivity index (χ3n) is 4.78. The summed E-state index contributed by atoms with van der Waals surface area (Å²) in [6.45, 7) is 3.39. The van der Waals surface area contributed by atoms with Crippen molar-refractivity contribution in [3.63, 3.8) is 0 Å². The summed E-state index contributed by atoms with van der Waals surface area (Å²) in [7, 11) is 3.61. The van der Waals surface area contributed by atoms with Gasteiger partial charge in [-0.15, -0.1) is 0 Å². The van der Waals surface area contributed by atoms with E-state index in [2.05, 4.69) is 42.1 Å². The van der Waals surface area contributed by atoms with Crippen LogP contribution in [0.4, 0.5) is 0 Å². The maximum absolute atomic E-state index is 5.84. The Morgan fingerprint density at radius 3 is 2.25 bits per heavy atom. The molecule has 2 unspecified atom stereocenters. The molecule has 3 rings (SSSR count). The molecule has 2 bridgehead atoms. The molecule has 2 saturated heterocycles. The highest BCUT2D eigenvalue weighted by molar-refractivity contribution is 7.99. The Balaban J connectivity index is 1.74. The van der Waals surface area contributed by atoms with Crippen LogP contribution < -0.4 is 4.90 Å². The van der Waals surface area contributed by atoms with Crippen LogP contribution in [0.1, 0.15) is 5.56 Å². The summed E-state index contributed by atoms with van der Waals surface area (Å²) < 4.78 is 11.7. The molecule has 1 aromatic rings. The maximum Gasteiger partial charge on any atom is 0.185 e. The average molecular weight is 294 g/mol. The second-order valence-electron chi connectivity index (χ2n) is 5.88. The summed E-state index contributed by atoms with van der Waals surface area (Å²) >= 11 is 2.05. The molecule has 2 atom stereocenters. The molecule has 0 aromatic heterocycles. The van der Waals surface area contributed by atoms with Gasteiger partial charge in [0.05, 0.1) is 24.9 Å². The van der Waals surface area contributed by atoms with Crippen molar-refractivity contribution >= 4 is 11.8 Å². The highest BCUT2D eigenvalue weighted by atomic mass is 32.2. The van der Waals surface area contributed by atoms with Crippen molar-refractivity contribution in [1.29, 1.82) is 0 Å². The summed E-state index contributed by atoms with van der Waals surface area (Å²) in [4.78, 5) is 1.66. The second-order valence-corrected chi connectivity index (χ2v) is 6.96. The molecule has 0 radical (unpaired) electrons. The Morgan fingerprint density at radius 2 is 1.70 bits per heavy atom. The van der Waals surface area contributed by atoms with Crippen LogP contribution in [0.15, 0.2) is 30.3 Å². The molecule has 4 heteroatoms. The first kappa shape index (κ1) is 14.4. The lowest BCUT2D eigenvalue weighted by molar-refractivity contribution is -0.930. The Kier molecular flexibility index (Phi) is 4.36. The molecule has 0 aliphatic carbocycles. The van der Waals surface area contributed by atoms with Gasteiger partial charge in [0.25, 0.3) is 0 Å². The molecule has 2 fully saturated rings. The number of hydrogen-bond acceptors (Lipinski definition) is 3. The van der Waals surface area contributed by atoms with Crippen LogP contribution in [0.5, 0.6) is 0 Å². The van der Waals surface area contributed by atoms with Gasteiger partial charge >= 0.3 is 0 Å². The van der Waals surface area contributed by atoms with Gasteiger partial charge in [0.1, 0.15) is 6.54 Å². The third-order valence-corrected chi connectivity index (χ3v) is 6.06. The number of nitrogens with one attached hydrogen (secondary N) is 1. The van der Waals surface area contributed by atoms with Gasteiger partial charge in [-0.05, 0) is 0 Å². The van der Waals surface area contributed by atoms with Gasteiger partial charge in [0, 0.05) is 31.3 Å². The summed E-state index contributed by atoms with van der Waals surface area (Å²) in [6.07, 6.45) is 0. The zero-order valence-electron chi connectivity index (χ0n) is 12.3. The van der Waals surface area contributed by atoms with Crippen LogP contribution in [0.3, 0.4) is 0 Å². The van der Waals surface area contributed by atoms with Gasteiger partial charge in [-0.1, -0.05) is 30.3 Å². The predicted octanol–water partition coefficient (Wildman–Crippen LogP) is 1.05. The van der Waals surface area contributed by atoms with E-state index in [1.54, 1.807) is 4.90 Å². The van der Waals surface area contributed by atoms with E-state index in [0.717, 1.165) is 31.1 Å². The number of quaternary nitrogens is 1. The van der Waals surface area contributed by atoms with Crippen LogP contribution in [0.2, 0.25) is 0 Å². The third kappa shape index (κ3) is 2.50. The van der Waals surface area contributed by atoms with Crippen LogP contribution >= 0.6 is 11.8 Å². The number of hydrogen-bond donors (Lipinski definition) is 1. The first-order valence-electron chi connectivity index (χ1n) is 7.34. The van der Waals surface area contributed by atoms with Crippen molar-refractivity contribution in [3.05, 3.63) is 35.9 Å². The largest absolute Gasteiger partial charge is 0.352 e. The zero-order valence-corrected chi connectivity index (χ0v) is 13.1. The van der Waals surface area contributed by atoms with Crippen LogP contribution in [-0.2, 0) is 16.0 Å². The monoisotopic (exact) mass is 294 g/mol. The highest BCUT2D eigenvalue weighted by Gasteiger charge is 2.55. The van der Waals surface area contributed by atoms with Crippen molar-refractivity contribution in [2.24, 2.45) is 11.8 Å². The van der Waals surface area contributed by atoms with Crippen LogP contribution in [-0.4, -0.2) is 44.6 Å². The van der Waals surface area contributed by atoms with Gasteiger partial charge in [0.15, 0.2) is 5.79 Å². The number of ether oxygens (including phenoxy) is 2. The minimum absolute atomic E-state index is 0.342. The Hall–Kier alpha value is -0.550.